The Kier molecular flexibility index (Phi) is 30.8. The number of nitrogens with two attached hydrogens (primary N) is 4. The molecule has 560 valence electrons. The number of pyridine rings is 2. The number of aromatic nitrogens is 10. The summed E-state index contributed by atoms with van der Waals surface area (Å²) in [6.07, 6.45) is 10.9. The molecule has 12 rings (SSSR count). The standard InChI is InChI=1S/C20H27ClN6O.C18H17ClN6O.C18H23ClN6O.C18H17ClN6O.CH4/c1-4-27-9-7-16(8-10-27)28-18-12-14(3)23-20(25-18)26-19(22)24-15-5-6-17(21)13(2)11-15;1-11-9-13(3-4-15(11)19)23-17(20)25-18-22-12(2)10-16(24-18)26-14-5-7-21-8-6-14;2*1-11-8-13(5-6-15(11)19)23-17(20)25-18-22-12(2)9-16(24-18)26-14-4-3-7-21-10-14;/h5-6,11-12,16H,4,7-10H2,1-3H3,(H3,22,23,24,25,26);3-10H,1-2H3,(H3,20,22,23,24,25);5-6,8-9,14,21H,3-4,7,10H2,1-2H3,(H3,20,22,23,24,25);3-10H,1-2H3,(H3,20,22,23,24,25);1H4. The van der Waals surface area contributed by atoms with Crippen LogP contribution in [0, 0.1) is 55.4 Å². The summed E-state index contributed by atoms with van der Waals surface area (Å²) in [5.41, 5.74) is 33.8. The number of aryl methyl sites for hydroxylation is 8. The third-order valence-electron chi connectivity index (χ3n) is 15.4. The second kappa shape index (κ2) is 40.4. The van der Waals surface area contributed by atoms with Gasteiger partial charge in [0.25, 0.3) is 23.8 Å². The predicted octanol–water partition coefficient (Wildman–Crippen LogP) is 15.2. The Bertz CT molecular complexity index is 4560. The Balaban J connectivity index is 0.000000179. The molecule has 1 unspecified atom stereocenters. The smallest absolute Gasteiger partial charge is 0.256 e. The molecule has 0 bridgehead atoms. The summed E-state index contributed by atoms with van der Waals surface area (Å²) in [6.45, 7) is 22.3. The summed E-state index contributed by atoms with van der Waals surface area (Å²) in [7, 11) is 0. The third kappa shape index (κ3) is 27.4. The molecule has 0 amide bonds. The summed E-state index contributed by atoms with van der Waals surface area (Å²) < 4.78 is 23.4. The zero-order valence-corrected chi connectivity index (χ0v) is 63.1. The maximum Gasteiger partial charge on any atom is 0.256 e. The summed E-state index contributed by atoms with van der Waals surface area (Å²) in [5.74, 6) is 4.63. The SMILES string of the molecule is C.CCN1CCC(Oc2cc(C)nc(N=C(N)Nc3ccc(Cl)c(C)c3)n2)CC1.Cc1cc(OC2CCCNC2)nc(N=C(N)Nc2ccc(Cl)c(C)c2)n1.Cc1cc(Oc2cccnc2)nc(N=C(N)Nc2ccc(Cl)c(C)c2)n1.Cc1cc(Oc2ccncc2)nc(N=C(N)Nc2ccc(Cl)c(C)c2)n1. The van der Waals surface area contributed by atoms with E-state index in [9.17, 15) is 0 Å². The minimum atomic E-state index is 0. The fraction of sp³-hybridized carbons (Fsp3) is 0.280. The van der Waals surface area contributed by atoms with Crippen molar-refractivity contribution in [3.63, 3.8) is 0 Å². The van der Waals surface area contributed by atoms with Gasteiger partial charge in [-0.05, 0) is 213 Å². The van der Waals surface area contributed by atoms with Crippen molar-refractivity contribution in [3.8, 4) is 35.0 Å². The maximum absolute atomic E-state index is 6.08. The number of benzene rings is 4. The van der Waals surface area contributed by atoms with Crippen molar-refractivity contribution in [2.24, 2.45) is 42.9 Å². The van der Waals surface area contributed by atoms with Gasteiger partial charge < -0.3 is 73.4 Å². The topological polar surface area (TPSA) is 383 Å². The normalized spacial score (nSPS) is 14.0. The van der Waals surface area contributed by atoms with Gasteiger partial charge in [0.05, 0.1) is 6.20 Å². The van der Waals surface area contributed by atoms with E-state index >= 15 is 0 Å². The van der Waals surface area contributed by atoms with Crippen molar-refractivity contribution in [2.45, 2.75) is 108 Å². The highest BCUT2D eigenvalue weighted by Gasteiger charge is 2.21. The molecule has 2 aliphatic rings. The van der Waals surface area contributed by atoms with E-state index in [0.29, 0.717) is 66.5 Å². The van der Waals surface area contributed by atoms with Gasteiger partial charge in [0, 0.05) is 128 Å². The molecule has 107 heavy (non-hydrogen) atoms. The molecule has 0 aliphatic carbocycles. The van der Waals surface area contributed by atoms with Gasteiger partial charge >= 0.3 is 0 Å². The number of nitrogens with one attached hydrogen (secondary N) is 5. The number of halogens is 4. The molecule has 0 radical (unpaired) electrons. The lowest BCUT2D eigenvalue weighted by molar-refractivity contribution is 0.0997. The first-order valence-electron chi connectivity index (χ1n) is 33.8. The van der Waals surface area contributed by atoms with Crippen molar-refractivity contribution in [1.29, 1.82) is 0 Å². The van der Waals surface area contributed by atoms with Crippen LogP contribution in [-0.4, -0.2) is 124 Å². The van der Waals surface area contributed by atoms with Gasteiger partial charge in [0.2, 0.25) is 47.4 Å². The Morgan fingerprint density at radius 1 is 0.449 bits per heavy atom. The molecule has 2 fully saturated rings. The molecule has 2 aliphatic heterocycles. The van der Waals surface area contributed by atoms with Crippen LogP contribution in [0.5, 0.6) is 35.0 Å². The van der Waals surface area contributed by atoms with Gasteiger partial charge in [-0.1, -0.05) is 60.8 Å². The number of piperidine rings is 2. The van der Waals surface area contributed by atoms with Crippen LogP contribution in [0.2, 0.25) is 20.1 Å². The average Bonchev–Trinajstić information content (AvgIpc) is 0.864. The lowest BCUT2D eigenvalue weighted by Gasteiger charge is -2.30. The van der Waals surface area contributed by atoms with Crippen LogP contribution >= 0.6 is 46.4 Å². The van der Waals surface area contributed by atoms with Gasteiger partial charge in [-0.25, -0.2) is 19.9 Å². The van der Waals surface area contributed by atoms with Crippen LogP contribution in [-0.2, 0) is 0 Å². The van der Waals surface area contributed by atoms with Crippen LogP contribution in [0.15, 0.2) is 166 Å². The van der Waals surface area contributed by atoms with Crippen molar-refractivity contribution >= 4 is 117 Å². The molecule has 0 saturated carbocycles. The molecule has 28 nitrogen and oxygen atoms in total. The molecule has 1 atom stereocenters. The maximum atomic E-state index is 6.08. The summed E-state index contributed by atoms with van der Waals surface area (Å²) >= 11 is 24.1. The van der Waals surface area contributed by atoms with E-state index < -0.39 is 0 Å². The fourth-order valence-electron chi connectivity index (χ4n) is 10.2. The van der Waals surface area contributed by atoms with Crippen LogP contribution in [0.25, 0.3) is 0 Å². The van der Waals surface area contributed by atoms with Gasteiger partial charge in [0.1, 0.15) is 23.7 Å². The van der Waals surface area contributed by atoms with Crippen LogP contribution in [0.4, 0.5) is 46.5 Å². The summed E-state index contributed by atoms with van der Waals surface area (Å²) in [4.78, 5) is 61.7. The Hall–Kier alpha value is -11.1. The Labute approximate surface area is 642 Å². The van der Waals surface area contributed by atoms with E-state index in [1.807, 2.05) is 116 Å². The molecule has 10 aromatic rings. The van der Waals surface area contributed by atoms with Crippen molar-refractivity contribution in [2.75, 3.05) is 54.0 Å². The second-order valence-electron chi connectivity index (χ2n) is 24.3. The molecular formula is C75H88Cl4N24O4. The molecule has 4 aromatic carbocycles. The van der Waals surface area contributed by atoms with Crippen molar-refractivity contribution < 1.29 is 18.9 Å². The van der Waals surface area contributed by atoms with Crippen molar-refractivity contribution in [3.05, 3.63) is 211 Å². The van der Waals surface area contributed by atoms with Gasteiger partial charge in [-0.15, -0.1) is 0 Å². The largest absolute Gasteiger partial charge is 0.474 e. The van der Waals surface area contributed by atoms with E-state index in [-0.39, 0.29) is 67.3 Å². The van der Waals surface area contributed by atoms with E-state index in [0.717, 1.165) is 115 Å². The Morgan fingerprint density at radius 2 is 0.813 bits per heavy atom. The van der Waals surface area contributed by atoms with Gasteiger partial charge in [-0.2, -0.15) is 39.9 Å². The number of likely N-dealkylation sites (tertiary alicyclic amines) is 1. The first-order valence-corrected chi connectivity index (χ1v) is 35.3. The highest BCUT2D eigenvalue weighted by Crippen LogP contribution is 2.28. The minimum absolute atomic E-state index is 0. The number of aliphatic imine (C=N–C) groups is 4. The summed E-state index contributed by atoms with van der Waals surface area (Å²) in [5, 5.41) is 18.1. The van der Waals surface area contributed by atoms with E-state index in [4.69, 9.17) is 88.3 Å². The fourth-order valence-corrected chi connectivity index (χ4v) is 10.7. The molecule has 13 N–H and O–H groups in total. The van der Waals surface area contributed by atoms with Crippen LogP contribution in [0.1, 0.15) is 85.1 Å². The van der Waals surface area contributed by atoms with E-state index in [2.05, 4.69) is 108 Å². The second-order valence-corrected chi connectivity index (χ2v) is 26.0. The highest BCUT2D eigenvalue weighted by molar-refractivity contribution is 6.32. The molecule has 0 spiro atoms. The Morgan fingerprint density at radius 3 is 1.16 bits per heavy atom. The van der Waals surface area contributed by atoms with Crippen molar-refractivity contribution in [1.82, 2.24) is 60.1 Å². The van der Waals surface area contributed by atoms with Crippen LogP contribution in [0.3, 0.4) is 0 Å². The van der Waals surface area contributed by atoms with Crippen LogP contribution < -0.4 is 68.5 Å². The highest BCUT2D eigenvalue weighted by atomic mass is 35.5. The average molecular weight is 1530 g/mol. The molecule has 32 heteroatoms. The summed E-state index contributed by atoms with van der Waals surface area (Å²) in [6, 6.07) is 36.1. The van der Waals surface area contributed by atoms with Gasteiger partial charge in [-0.3, -0.25) is 9.97 Å². The predicted molar refractivity (Wildman–Crippen MR) is 429 cm³/mol. The number of hydrogen-bond acceptors (Lipinski definition) is 20. The quantitative estimate of drug-likeness (QED) is 0.0302. The number of nitrogens with zero attached hydrogens (tertiary/aromatic N) is 15. The lowest BCUT2D eigenvalue weighted by Crippen LogP contribution is -2.38. The monoisotopic (exact) mass is 1530 g/mol. The molecule has 6 aromatic heterocycles. The van der Waals surface area contributed by atoms with E-state index in [1.165, 1.54) is 0 Å². The molecule has 2 saturated heterocycles. The minimum Gasteiger partial charge on any atom is -0.474 e. The number of hydrogen-bond donors (Lipinski definition) is 9. The first-order chi connectivity index (χ1) is 50.9. The van der Waals surface area contributed by atoms with Gasteiger partial charge in [0.15, 0.2) is 0 Å². The lowest BCUT2D eigenvalue weighted by atomic mass is 10.1. The number of anilines is 4. The zero-order valence-electron chi connectivity index (χ0n) is 60.0. The first kappa shape index (κ1) is 81.5. The zero-order chi connectivity index (χ0) is 75.7. The number of rotatable bonds is 17. The van der Waals surface area contributed by atoms with E-state index in [1.54, 1.807) is 85.5 Å². The number of guanidine groups is 4. The third-order valence-corrected chi connectivity index (χ3v) is 17.1. The molecular weight excluding hydrogens is 1440 g/mol. The number of ether oxygens (including phenoxy) is 4. The molecule has 8 heterocycles.